The van der Waals surface area contributed by atoms with E-state index in [-0.39, 0.29) is 5.69 Å². The average Bonchev–Trinajstić information content (AvgIpc) is 2.53. The van der Waals surface area contributed by atoms with E-state index in [0.717, 1.165) is 5.56 Å². The van der Waals surface area contributed by atoms with Gasteiger partial charge >= 0.3 is 0 Å². The smallest absolute Gasteiger partial charge is 0.293 e. The molecule has 0 spiro atoms. The lowest BCUT2D eigenvalue weighted by atomic mass is 10.1. The lowest BCUT2D eigenvalue weighted by Gasteiger charge is -2.23. The average molecular weight is 281 g/mol. The van der Waals surface area contributed by atoms with Gasteiger partial charge in [-0.05, 0) is 24.6 Å². The van der Waals surface area contributed by atoms with Crippen molar-refractivity contribution in [3.63, 3.8) is 0 Å². The van der Waals surface area contributed by atoms with E-state index in [4.69, 9.17) is 5.26 Å². The fraction of sp³-hybridized carbons (Fsp3) is 0.188. The van der Waals surface area contributed by atoms with Crippen molar-refractivity contribution in [3.8, 4) is 6.07 Å². The summed E-state index contributed by atoms with van der Waals surface area (Å²) in [5.41, 5.74) is 1.87. The third kappa shape index (κ3) is 3.37. The minimum atomic E-state index is -0.441. The van der Waals surface area contributed by atoms with Gasteiger partial charge in [0.25, 0.3) is 5.69 Å². The Morgan fingerprint density at radius 1 is 1.24 bits per heavy atom. The highest BCUT2D eigenvalue weighted by Gasteiger charge is 2.19. The Bertz CT molecular complexity index is 678. The zero-order chi connectivity index (χ0) is 15.2. The highest BCUT2D eigenvalue weighted by molar-refractivity contribution is 5.65. The van der Waals surface area contributed by atoms with E-state index in [0.29, 0.717) is 24.3 Å². The molecule has 0 heterocycles. The van der Waals surface area contributed by atoms with E-state index in [1.807, 2.05) is 48.2 Å². The summed E-state index contributed by atoms with van der Waals surface area (Å²) in [4.78, 5) is 12.7. The van der Waals surface area contributed by atoms with Crippen LogP contribution in [0.5, 0.6) is 0 Å². The van der Waals surface area contributed by atoms with Gasteiger partial charge in [0.05, 0.1) is 16.6 Å². The van der Waals surface area contributed by atoms with Gasteiger partial charge in [-0.25, -0.2) is 0 Å². The molecule has 0 unspecified atom stereocenters. The number of anilines is 1. The fourth-order valence-corrected chi connectivity index (χ4v) is 2.18. The van der Waals surface area contributed by atoms with Crippen molar-refractivity contribution < 1.29 is 4.92 Å². The number of nitriles is 1. The van der Waals surface area contributed by atoms with Crippen LogP contribution in [-0.2, 0) is 6.54 Å². The highest BCUT2D eigenvalue weighted by Crippen LogP contribution is 2.30. The van der Waals surface area contributed by atoms with Crippen LogP contribution in [0.2, 0.25) is 0 Å². The molecule has 5 heteroatoms. The van der Waals surface area contributed by atoms with Crippen LogP contribution in [0.4, 0.5) is 11.4 Å². The molecular weight excluding hydrogens is 266 g/mol. The molecule has 2 aromatic carbocycles. The number of nitrogens with zero attached hydrogens (tertiary/aromatic N) is 3. The Balaban J connectivity index is 2.38. The third-order valence-electron chi connectivity index (χ3n) is 3.24. The Morgan fingerprint density at radius 3 is 2.52 bits per heavy atom. The van der Waals surface area contributed by atoms with Crippen molar-refractivity contribution in [1.29, 1.82) is 5.26 Å². The minimum Gasteiger partial charge on any atom is -0.362 e. The second-order valence-corrected chi connectivity index (χ2v) is 4.57. The van der Waals surface area contributed by atoms with Crippen LogP contribution in [0.25, 0.3) is 0 Å². The molecular formula is C16H15N3O2. The first-order valence-corrected chi connectivity index (χ1v) is 6.63. The minimum absolute atomic E-state index is 0.0353. The molecule has 0 bridgehead atoms. The topological polar surface area (TPSA) is 70.2 Å². The molecule has 0 radical (unpaired) electrons. The molecule has 5 nitrogen and oxygen atoms in total. The van der Waals surface area contributed by atoms with Crippen LogP contribution < -0.4 is 4.90 Å². The van der Waals surface area contributed by atoms with E-state index in [9.17, 15) is 10.1 Å². The Labute approximate surface area is 123 Å². The van der Waals surface area contributed by atoms with E-state index in [1.54, 1.807) is 12.1 Å². The summed E-state index contributed by atoms with van der Waals surface area (Å²) >= 11 is 0. The lowest BCUT2D eigenvalue weighted by molar-refractivity contribution is -0.384. The molecule has 0 saturated heterocycles. The predicted molar refractivity (Wildman–Crippen MR) is 81.0 cm³/mol. The molecule has 0 amide bonds. The van der Waals surface area contributed by atoms with Crippen molar-refractivity contribution in [2.75, 3.05) is 11.4 Å². The van der Waals surface area contributed by atoms with E-state index >= 15 is 0 Å². The van der Waals surface area contributed by atoms with Crippen LogP contribution in [0.3, 0.4) is 0 Å². The van der Waals surface area contributed by atoms with Crippen LogP contribution in [0.15, 0.2) is 48.5 Å². The van der Waals surface area contributed by atoms with Gasteiger partial charge < -0.3 is 4.90 Å². The largest absolute Gasteiger partial charge is 0.362 e. The van der Waals surface area contributed by atoms with Gasteiger partial charge in [-0.15, -0.1) is 0 Å². The Kier molecular flexibility index (Phi) is 4.52. The molecule has 2 aromatic rings. The maximum absolute atomic E-state index is 11.2. The SMILES string of the molecule is CCN(Cc1ccccc1)c1ccc(C#N)cc1[N+](=O)[O-]. The number of nitro groups is 1. The normalized spacial score (nSPS) is 9.90. The maximum atomic E-state index is 11.2. The van der Waals surface area contributed by atoms with Gasteiger partial charge in [0.1, 0.15) is 5.69 Å². The zero-order valence-electron chi connectivity index (χ0n) is 11.7. The van der Waals surface area contributed by atoms with Gasteiger partial charge in [0.15, 0.2) is 0 Å². The summed E-state index contributed by atoms with van der Waals surface area (Å²) in [7, 11) is 0. The van der Waals surface area contributed by atoms with Gasteiger partial charge in [-0.1, -0.05) is 30.3 Å². The van der Waals surface area contributed by atoms with Crippen LogP contribution in [0, 0.1) is 21.4 Å². The first-order valence-electron chi connectivity index (χ1n) is 6.63. The van der Waals surface area contributed by atoms with Crippen LogP contribution in [-0.4, -0.2) is 11.5 Å². The van der Waals surface area contributed by atoms with Crippen LogP contribution >= 0.6 is 0 Å². The first-order chi connectivity index (χ1) is 10.2. The molecule has 0 aliphatic rings. The third-order valence-corrected chi connectivity index (χ3v) is 3.24. The predicted octanol–water partition coefficient (Wildman–Crippen LogP) is 3.49. The maximum Gasteiger partial charge on any atom is 0.293 e. The van der Waals surface area contributed by atoms with Crippen molar-refractivity contribution in [2.24, 2.45) is 0 Å². The number of hydrogen-bond donors (Lipinski definition) is 0. The van der Waals surface area contributed by atoms with Crippen molar-refractivity contribution >= 4 is 11.4 Å². The number of hydrogen-bond acceptors (Lipinski definition) is 4. The lowest BCUT2D eigenvalue weighted by Crippen LogP contribution is -2.23. The van der Waals surface area contributed by atoms with Crippen LogP contribution in [0.1, 0.15) is 18.1 Å². The number of nitro benzene ring substituents is 1. The number of rotatable bonds is 5. The van der Waals surface area contributed by atoms with Gasteiger partial charge in [0.2, 0.25) is 0 Å². The molecule has 0 aliphatic carbocycles. The fourth-order valence-electron chi connectivity index (χ4n) is 2.18. The van der Waals surface area contributed by atoms with Gasteiger partial charge in [-0.2, -0.15) is 5.26 Å². The van der Waals surface area contributed by atoms with E-state index < -0.39 is 4.92 Å². The molecule has 0 aromatic heterocycles. The summed E-state index contributed by atoms with van der Waals surface area (Å²) in [6.07, 6.45) is 0. The van der Waals surface area contributed by atoms with Gasteiger partial charge in [-0.3, -0.25) is 10.1 Å². The summed E-state index contributed by atoms with van der Waals surface area (Å²) < 4.78 is 0. The molecule has 0 saturated carbocycles. The standard InChI is InChI=1S/C16H15N3O2/c1-2-18(12-13-6-4-3-5-7-13)15-9-8-14(11-17)10-16(15)19(20)21/h3-10H,2,12H2,1H3. The second kappa shape index (κ2) is 6.53. The summed E-state index contributed by atoms with van der Waals surface area (Å²) in [5, 5.41) is 20.1. The molecule has 0 fully saturated rings. The molecule has 106 valence electrons. The van der Waals surface area contributed by atoms with Crippen molar-refractivity contribution in [3.05, 3.63) is 69.8 Å². The van der Waals surface area contributed by atoms with Crippen molar-refractivity contribution in [2.45, 2.75) is 13.5 Å². The summed E-state index contributed by atoms with van der Waals surface area (Å²) in [5.74, 6) is 0. The van der Waals surface area contributed by atoms with Crippen molar-refractivity contribution in [1.82, 2.24) is 0 Å². The molecule has 2 rings (SSSR count). The Morgan fingerprint density at radius 2 is 1.95 bits per heavy atom. The summed E-state index contributed by atoms with van der Waals surface area (Å²) in [6, 6.07) is 16.3. The molecule has 21 heavy (non-hydrogen) atoms. The second-order valence-electron chi connectivity index (χ2n) is 4.57. The number of benzene rings is 2. The summed E-state index contributed by atoms with van der Waals surface area (Å²) in [6.45, 7) is 3.18. The first kappa shape index (κ1) is 14.5. The monoisotopic (exact) mass is 281 g/mol. The zero-order valence-corrected chi connectivity index (χ0v) is 11.7. The highest BCUT2D eigenvalue weighted by atomic mass is 16.6. The Hall–Kier alpha value is -2.87. The molecule has 0 aliphatic heterocycles. The van der Waals surface area contributed by atoms with E-state index in [2.05, 4.69) is 0 Å². The quantitative estimate of drug-likeness (QED) is 0.621. The van der Waals surface area contributed by atoms with E-state index in [1.165, 1.54) is 6.07 Å². The molecule has 0 atom stereocenters. The molecule has 0 N–H and O–H groups in total. The van der Waals surface area contributed by atoms with Gasteiger partial charge in [0, 0.05) is 19.2 Å².